The second-order valence-corrected chi connectivity index (χ2v) is 5.74. The van der Waals surface area contributed by atoms with E-state index in [1.807, 2.05) is 13.1 Å². The van der Waals surface area contributed by atoms with Gasteiger partial charge in [-0.1, -0.05) is 33.1 Å². The van der Waals surface area contributed by atoms with Crippen molar-refractivity contribution < 1.29 is 4.74 Å². The first-order valence-electron chi connectivity index (χ1n) is 7.38. The van der Waals surface area contributed by atoms with Crippen LogP contribution >= 0.6 is 0 Å². The molecule has 106 valence electrons. The monoisotopic (exact) mass is 263 g/mol. The molecule has 0 bridgehead atoms. The molecular formula is C15H25N3O. The van der Waals surface area contributed by atoms with Crippen LogP contribution in [0.1, 0.15) is 57.7 Å². The van der Waals surface area contributed by atoms with E-state index < -0.39 is 0 Å². The van der Waals surface area contributed by atoms with Gasteiger partial charge in [0, 0.05) is 19.0 Å². The first kappa shape index (κ1) is 14.1. The molecule has 1 aliphatic rings. The number of aromatic nitrogens is 2. The number of hydrogen-bond donors (Lipinski definition) is 1. The van der Waals surface area contributed by atoms with Gasteiger partial charge < -0.3 is 10.1 Å². The van der Waals surface area contributed by atoms with Crippen LogP contribution in [0.4, 0.5) is 5.82 Å². The van der Waals surface area contributed by atoms with Gasteiger partial charge in [-0.15, -0.1) is 0 Å². The van der Waals surface area contributed by atoms with Gasteiger partial charge in [-0.05, 0) is 18.8 Å². The molecule has 0 unspecified atom stereocenters. The normalized spacial score (nSPS) is 16.6. The van der Waals surface area contributed by atoms with Crippen molar-refractivity contribution in [2.45, 2.75) is 51.9 Å². The second-order valence-electron chi connectivity index (χ2n) is 5.74. The molecule has 0 atom stereocenters. The summed E-state index contributed by atoms with van der Waals surface area (Å²) < 4.78 is 5.75. The lowest BCUT2D eigenvalue weighted by atomic mass is 9.89. The highest BCUT2D eigenvalue weighted by molar-refractivity contribution is 5.38. The van der Waals surface area contributed by atoms with E-state index in [0.717, 1.165) is 11.6 Å². The zero-order valence-corrected chi connectivity index (χ0v) is 12.3. The summed E-state index contributed by atoms with van der Waals surface area (Å²) in [5, 5.41) is 3.10. The molecule has 1 aliphatic carbocycles. The predicted molar refractivity (Wildman–Crippen MR) is 77.7 cm³/mol. The third-order valence-corrected chi connectivity index (χ3v) is 3.51. The summed E-state index contributed by atoms with van der Waals surface area (Å²) in [6.07, 6.45) is 6.34. The van der Waals surface area contributed by atoms with E-state index in [1.54, 1.807) is 0 Å². The van der Waals surface area contributed by atoms with E-state index in [9.17, 15) is 0 Å². The molecule has 1 fully saturated rings. The Bertz CT molecular complexity index is 400. The Morgan fingerprint density at radius 2 is 2.00 bits per heavy atom. The molecule has 0 radical (unpaired) electrons. The lowest BCUT2D eigenvalue weighted by molar-refractivity contribution is 0.259. The molecule has 1 aromatic heterocycles. The Kier molecular flexibility index (Phi) is 5.00. The molecule has 19 heavy (non-hydrogen) atoms. The molecule has 0 saturated heterocycles. The third-order valence-electron chi connectivity index (χ3n) is 3.51. The minimum atomic E-state index is 0.503. The van der Waals surface area contributed by atoms with Gasteiger partial charge in [-0.2, -0.15) is 4.98 Å². The van der Waals surface area contributed by atoms with Crippen molar-refractivity contribution in [2.75, 3.05) is 19.0 Å². The van der Waals surface area contributed by atoms with Crippen LogP contribution < -0.4 is 10.1 Å². The maximum atomic E-state index is 5.75. The number of nitrogens with one attached hydrogen (secondary N) is 1. The standard InChI is InChI=1S/C15H25N3O/c1-11(2)10-19-14-9-13(16-3)17-15(18-14)12-7-5-4-6-8-12/h9,11-12H,4-8,10H2,1-3H3,(H,16,17,18). The predicted octanol–water partition coefficient (Wildman–Crippen LogP) is 3.60. The molecule has 1 N–H and O–H groups in total. The van der Waals surface area contributed by atoms with Crippen molar-refractivity contribution in [3.05, 3.63) is 11.9 Å². The van der Waals surface area contributed by atoms with Crippen LogP contribution in [0.15, 0.2) is 6.07 Å². The van der Waals surface area contributed by atoms with Crippen molar-refractivity contribution in [2.24, 2.45) is 5.92 Å². The number of hydrogen-bond acceptors (Lipinski definition) is 4. The minimum absolute atomic E-state index is 0.503. The number of anilines is 1. The fraction of sp³-hybridized carbons (Fsp3) is 0.733. The summed E-state index contributed by atoms with van der Waals surface area (Å²) in [6, 6.07) is 1.88. The first-order chi connectivity index (χ1) is 9.19. The quantitative estimate of drug-likeness (QED) is 0.881. The van der Waals surface area contributed by atoms with Crippen LogP contribution in [-0.4, -0.2) is 23.6 Å². The fourth-order valence-electron chi connectivity index (χ4n) is 2.44. The van der Waals surface area contributed by atoms with Crippen molar-refractivity contribution >= 4 is 5.82 Å². The van der Waals surface area contributed by atoms with E-state index in [0.29, 0.717) is 24.3 Å². The summed E-state index contributed by atoms with van der Waals surface area (Å²) in [5.74, 6) is 3.52. The highest BCUT2D eigenvalue weighted by atomic mass is 16.5. The maximum absolute atomic E-state index is 5.75. The van der Waals surface area contributed by atoms with E-state index in [-0.39, 0.29) is 0 Å². The van der Waals surface area contributed by atoms with Gasteiger partial charge in [-0.3, -0.25) is 0 Å². The molecule has 0 amide bonds. The molecule has 1 heterocycles. The summed E-state index contributed by atoms with van der Waals surface area (Å²) in [5.41, 5.74) is 0. The molecule has 4 nitrogen and oxygen atoms in total. The number of rotatable bonds is 5. The lowest BCUT2D eigenvalue weighted by Gasteiger charge is -2.21. The summed E-state index contributed by atoms with van der Waals surface area (Å²) in [4.78, 5) is 9.20. The molecule has 0 aromatic carbocycles. The topological polar surface area (TPSA) is 47.0 Å². The van der Waals surface area contributed by atoms with Crippen LogP contribution in [0.5, 0.6) is 5.88 Å². The van der Waals surface area contributed by atoms with Crippen LogP contribution in [0.25, 0.3) is 0 Å². The Morgan fingerprint density at radius 3 is 2.63 bits per heavy atom. The Hall–Kier alpha value is -1.32. The summed E-state index contributed by atoms with van der Waals surface area (Å²) in [6.45, 7) is 4.98. The van der Waals surface area contributed by atoms with E-state index >= 15 is 0 Å². The highest BCUT2D eigenvalue weighted by Crippen LogP contribution is 2.32. The van der Waals surface area contributed by atoms with Gasteiger partial charge in [0.2, 0.25) is 5.88 Å². The highest BCUT2D eigenvalue weighted by Gasteiger charge is 2.19. The van der Waals surface area contributed by atoms with E-state index in [1.165, 1.54) is 32.1 Å². The zero-order chi connectivity index (χ0) is 13.7. The molecular weight excluding hydrogens is 238 g/mol. The molecule has 2 rings (SSSR count). The SMILES string of the molecule is CNc1cc(OCC(C)C)nc(C2CCCCC2)n1. The average Bonchev–Trinajstić information content (AvgIpc) is 2.45. The molecule has 0 aliphatic heterocycles. The average molecular weight is 263 g/mol. The third kappa shape index (κ3) is 4.08. The molecule has 1 aromatic rings. The van der Waals surface area contributed by atoms with Crippen molar-refractivity contribution in [3.63, 3.8) is 0 Å². The van der Waals surface area contributed by atoms with E-state index in [2.05, 4.69) is 29.1 Å². The Labute approximate surface area is 116 Å². The second kappa shape index (κ2) is 6.73. The van der Waals surface area contributed by atoms with Crippen LogP contribution in [-0.2, 0) is 0 Å². The summed E-state index contributed by atoms with van der Waals surface area (Å²) in [7, 11) is 1.89. The number of ether oxygens (including phenoxy) is 1. The first-order valence-corrected chi connectivity index (χ1v) is 7.38. The van der Waals surface area contributed by atoms with Crippen LogP contribution in [0.3, 0.4) is 0 Å². The largest absolute Gasteiger partial charge is 0.477 e. The van der Waals surface area contributed by atoms with Gasteiger partial charge in [-0.25, -0.2) is 4.98 Å². The van der Waals surface area contributed by atoms with E-state index in [4.69, 9.17) is 4.74 Å². The van der Waals surface area contributed by atoms with Crippen LogP contribution in [0.2, 0.25) is 0 Å². The number of nitrogens with zero attached hydrogens (tertiary/aromatic N) is 2. The fourth-order valence-corrected chi connectivity index (χ4v) is 2.44. The van der Waals surface area contributed by atoms with Crippen molar-refractivity contribution in [1.29, 1.82) is 0 Å². The Balaban J connectivity index is 2.14. The molecule has 1 saturated carbocycles. The minimum Gasteiger partial charge on any atom is -0.477 e. The van der Waals surface area contributed by atoms with Gasteiger partial charge in [0.15, 0.2) is 0 Å². The maximum Gasteiger partial charge on any atom is 0.218 e. The van der Waals surface area contributed by atoms with Crippen LogP contribution in [0, 0.1) is 5.92 Å². The smallest absolute Gasteiger partial charge is 0.218 e. The van der Waals surface area contributed by atoms with Gasteiger partial charge >= 0.3 is 0 Å². The van der Waals surface area contributed by atoms with Gasteiger partial charge in [0.05, 0.1) is 6.61 Å². The summed E-state index contributed by atoms with van der Waals surface area (Å²) >= 11 is 0. The molecule has 0 spiro atoms. The lowest BCUT2D eigenvalue weighted by Crippen LogP contribution is -2.12. The Morgan fingerprint density at radius 1 is 1.26 bits per heavy atom. The van der Waals surface area contributed by atoms with Crippen molar-refractivity contribution in [1.82, 2.24) is 9.97 Å². The zero-order valence-electron chi connectivity index (χ0n) is 12.3. The molecule has 4 heteroatoms. The van der Waals surface area contributed by atoms with Crippen molar-refractivity contribution in [3.8, 4) is 5.88 Å². The van der Waals surface area contributed by atoms with Gasteiger partial charge in [0.25, 0.3) is 0 Å². The van der Waals surface area contributed by atoms with Gasteiger partial charge in [0.1, 0.15) is 11.6 Å².